The third-order valence-electron chi connectivity index (χ3n) is 5.46. The zero-order valence-corrected chi connectivity index (χ0v) is 15.0. The molecule has 0 radical (unpaired) electrons. The molecule has 1 saturated carbocycles. The first-order chi connectivity index (χ1) is 12.8. The second kappa shape index (κ2) is 6.67. The van der Waals surface area contributed by atoms with E-state index in [1.54, 1.807) is 6.07 Å². The van der Waals surface area contributed by atoms with Gasteiger partial charge >= 0.3 is 0 Å². The Kier molecular flexibility index (Phi) is 4.46. The van der Waals surface area contributed by atoms with E-state index in [1.807, 2.05) is 11.8 Å². The van der Waals surface area contributed by atoms with Crippen molar-refractivity contribution in [1.29, 1.82) is 0 Å². The molecular weight excluding hydrogens is 357 g/mol. The van der Waals surface area contributed by atoms with Crippen LogP contribution in [0.1, 0.15) is 29.0 Å². The second-order valence-electron chi connectivity index (χ2n) is 7.35. The molecule has 1 aromatic heterocycles. The number of halogens is 3. The smallest absolute Gasteiger partial charge is 0.269 e. The fraction of sp³-hybridized carbons (Fsp3) is 0.474. The summed E-state index contributed by atoms with van der Waals surface area (Å²) in [5.41, 5.74) is 2.12. The maximum Gasteiger partial charge on any atom is 0.269 e. The number of H-pyrrole nitrogens is 1. The molecule has 144 valence electrons. The summed E-state index contributed by atoms with van der Waals surface area (Å²) in [4.78, 5) is 16.3. The molecule has 2 heterocycles. The van der Waals surface area contributed by atoms with E-state index < -0.39 is 17.4 Å². The largest absolute Gasteiger partial charge is 0.367 e. The maximum atomic E-state index is 13.6. The number of hydrogen-bond donors (Lipinski definition) is 1. The summed E-state index contributed by atoms with van der Waals surface area (Å²) in [5, 5.41) is 6.10. The number of hydrogen-bond acceptors (Lipinski definition) is 4. The summed E-state index contributed by atoms with van der Waals surface area (Å²) >= 11 is 0. The Morgan fingerprint density at radius 2 is 1.96 bits per heavy atom. The molecule has 8 heteroatoms. The fourth-order valence-electron chi connectivity index (χ4n) is 3.74. The Labute approximate surface area is 154 Å². The molecule has 2 aliphatic rings. The van der Waals surface area contributed by atoms with Crippen molar-refractivity contribution in [1.82, 2.24) is 15.1 Å². The molecule has 5 nitrogen and oxygen atoms in total. The lowest BCUT2D eigenvalue weighted by molar-refractivity contribution is 0.112. The van der Waals surface area contributed by atoms with Crippen LogP contribution in [0.4, 0.5) is 18.9 Å². The molecule has 1 unspecified atom stereocenters. The Morgan fingerprint density at radius 1 is 1.26 bits per heavy atom. The van der Waals surface area contributed by atoms with Gasteiger partial charge in [-0.05, 0) is 30.2 Å². The Hall–Kier alpha value is -2.35. The monoisotopic (exact) mass is 378 g/mol. The number of rotatable bonds is 4. The SMILES string of the molecule is Cc1cc(F)ccc1CN1CCN(c2cn[nH]c(=O)c2C2CC2(F)F)CC1. The summed E-state index contributed by atoms with van der Waals surface area (Å²) in [6.45, 7) is 5.29. The molecule has 0 spiro atoms. The number of anilines is 1. The van der Waals surface area contributed by atoms with Crippen molar-refractivity contribution in [3.05, 3.63) is 57.3 Å². The van der Waals surface area contributed by atoms with Crippen molar-refractivity contribution < 1.29 is 13.2 Å². The lowest BCUT2D eigenvalue weighted by Gasteiger charge is -2.36. The van der Waals surface area contributed by atoms with Crippen molar-refractivity contribution in [3.8, 4) is 0 Å². The van der Waals surface area contributed by atoms with Crippen molar-refractivity contribution in [2.45, 2.75) is 31.7 Å². The van der Waals surface area contributed by atoms with Gasteiger partial charge in [-0.3, -0.25) is 9.69 Å². The number of nitrogens with zero attached hydrogens (tertiary/aromatic N) is 3. The van der Waals surface area contributed by atoms with Crippen molar-refractivity contribution in [3.63, 3.8) is 0 Å². The minimum atomic E-state index is -2.80. The average Bonchev–Trinajstić information content (AvgIpc) is 3.25. The van der Waals surface area contributed by atoms with Crippen molar-refractivity contribution in [2.24, 2.45) is 0 Å². The standard InChI is InChI=1S/C19H21F3N4O/c1-12-8-14(20)3-2-13(12)11-25-4-6-26(7-5-25)16-10-23-24-18(27)17(16)15-9-19(15,21)22/h2-3,8,10,15H,4-7,9,11H2,1H3,(H,24,27). The fourth-order valence-corrected chi connectivity index (χ4v) is 3.74. The minimum Gasteiger partial charge on any atom is -0.367 e. The number of piperazine rings is 1. The van der Waals surface area contributed by atoms with E-state index in [9.17, 15) is 18.0 Å². The van der Waals surface area contributed by atoms with Gasteiger partial charge < -0.3 is 4.90 Å². The molecule has 2 fully saturated rings. The van der Waals surface area contributed by atoms with Crippen molar-refractivity contribution >= 4 is 5.69 Å². The first-order valence-electron chi connectivity index (χ1n) is 9.03. The number of aromatic amines is 1. The van der Waals surface area contributed by atoms with E-state index >= 15 is 0 Å². The molecule has 0 amide bonds. The minimum absolute atomic E-state index is 0.151. The highest BCUT2D eigenvalue weighted by atomic mass is 19.3. The van der Waals surface area contributed by atoms with E-state index in [0.717, 1.165) is 24.2 Å². The van der Waals surface area contributed by atoms with Crippen LogP contribution >= 0.6 is 0 Å². The Bertz CT molecular complexity index is 906. The molecule has 1 N–H and O–H groups in total. The van der Waals surface area contributed by atoms with Crippen LogP contribution in [0.15, 0.2) is 29.2 Å². The van der Waals surface area contributed by atoms with Gasteiger partial charge in [0.15, 0.2) is 0 Å². The van der Waals surface area contributed by atoms with E-state index in [-0.39, 0.29) is 17.8 Å². The lowest BCUT2D eigenvalue weighted by Crippen LogP contribution is -2.46. The van der Waals surface area contributed by atoms with Gasteiger partial charge in [0.25, 0.3) is 11.5 Å². The molecule has 1 aliphatic carbocycles. The molecule has 1 aliphatic heterocycles. The van der Waals surface area contributed by atoms with Crippen LogP contribution in [0.3, 0.4) is 0 Å². The summed E-state index contributed by atoms with van der Waals surface area (Å²) in [5.74, 6) is -4.06. The van der Waals surface area contributed by atoms with Gasteiger partial charge in [-0.2, -0.15) is 5.10 Å². The van der Waals surface area contributed by atoms with Crippen LogP contribution in [0.5, 0.6) is 0 Å². The zero-order valence-electron chi connectivity index (χ0n) is 15.0. The normalized spacial score (nSPS) is 22.1. The number of alkyl halides is 2. The van der Waals surface area contributed by atoms with Gasteiger partial charge in [0.05, 0.1) is 23.4 Å². The molecule has 1 atom stereocenters. The summed E-state index contributed by atoms with van der Waals surface area (Å²) < 4.78 is 40.4. The third kappa shape index (κ3) is 3.58. The molecule has 4 rings (SSSR count). The number of benzene rings is 1. The predicted molar refractivity (Wildman–Crippen MR) is 95.8 cm³/mol. The van der Waals surface area contributed by atoms with E-state index in [2.05, 4.69) is 15.1 Å². The van der Waals surface area contributed by atoms with Crippen LogP contribution in [-0.4, -0.2) is 47.2 Å². The van der Waals surface area contributed by atoms with Crippen LogP contribution < -0.4 is 10.5 Å². The van der Waals surface area contributed by atoms with Crippen LogP contribution in [0, 0.1) is 12.7 Å². The number of nitrogens with one attached hydrogen (secondary N) is 1. The van der Waals surface area contributed by atoms with Crippen LogP contribution in [-0.2, 0) is 6.54 Å². The zero-order chi connectivity index (χ0) is 19.2. The lowest BCUT2D eigenvalue weighted by atomic mass is 10.1. The molecular formula is C19H21F3N4O. The van der Waals surface area contributed by atoms with Gasteiger partial charge in [0, 0.05) is 39.1 Å². The highest BCUT2D eigenvalue weighted by Gasteiger charge is 2.59. The number of aryl methyl sites for hydroxylation is 1. The van der Waals surface area contributed by atoms with E-state index in [1.165, 1.54) is 18.3 Å². The maximum absolute atomic E-state index is 13.6. The summed E-state index contributed by atoms with van der Waals surface area (Å²) in [7, 11) is 0. The Morgan fingerprint density at radius 3 is 2.59 bits per heavy atom. The van der Waals surface area contributed by atoms with E-state index in [0.29, 0.717) is 25.3 Å². The number of aromatic nitrogens is 2. The van der Waals surface area contributed by atoms with Gasteiger partial charge in [0.1, 0.15) is 5.82 Å². The molecule has 2 aromatic rings. The molecule has 27 heavy (non-hydrogen) atoms. The highest BCUT2D eigenvalue weighted by molar-refractivity contribution is 5.55. The van der Waals surface area contributed by atoms with Crippen LogP contribution in [0.2, 0.25) is 0 Å². The van der Waals surface area contributed by atoms with Gasteiger partial charge in [0.2, 0.25) is 0 Å². The summed E-state index contributed by atoms with van der Waals surface area (Å²) in [6.07, 6.45) is 1.20. The quantitative estimate of drug-likeness (QED) is 0.889. The average molecular weight is 378 g/mol. The first kappa shape index (κ1) is 18.0. The second-order valence-corrected chi connectivity index (χ2v) is 7.35. The first-order valence-corrected chi connectivity index (χ1v) is 9.03. The van der Waals surface area contributed by atoms with Crippen molar-refractivity contribution in [2.75, 3.05) is 31.1 Å². The van der Waals surface area contributed by atoms with Gasteiger partial charge in [-0.25, -0.2) is 18.3 Å². The molecule has 1 aromatic carbocycles. The third-order valence-corrected chi connectivity index (χ3v) is 5.46. The topological polar surface area (TPSA) is 52.2 Å². The van der Waals surface area contributed by atoms with E-state index in [4.69, 9.17) is 0 Å². The van der Waals surface area contributed by atoms with Crippen LogP contribution in [0.25, 0.3) is 0 Å². The predicted octanol–water partition coefficient (Wildman–Crippen LogP) is 2.66. The summed E-state index contributed by atoms with van der Waals surface area (Å²) in [6, 6.07) is 4.78. The molecule has 1 saturated heterocycles. The Balaban J connectivity index is 1.46. The van der Waals surface area contributed by atoms with Gasteiger partial charge in [-0.1, -0.05) is 6.07 Å². The van der Waals surface area contributed by atoms with Gasteiger partial charge in [-0.15, -0.1) is 0 Å². The molecule has 0 bridgehead atoms. The highest BCUT2D eigenvalue weighted by Crippen LogP contribution is 2.56.